The zero-order chi connectivity index (χ0) is 12.3. The Kier molecular flexibility index (Phi) is 3.37. The second-order valence-corrected chi connectivity index (χ2v) is 4.19. The number of nitro benzene ring substituents is 1. The second kappa shape index (κ2) is 4.95. The third kappa shape index (κ3) is 2.61. The van der Waals surface area contributed by atoms with Gasteiger partial charge in [0.2, 0.25) is 5.91 Å². The average Bonchev–Trinajstić information content (AvgIpc) is 2.54. The highest BCUT2D eigenvalue weighted by Crippen LogP contribution is 2.26. The molecule has 1 heterocycles. The summed E-state index contributed by atoms with van der Waals surface area (Å²) in [7, 11) is 0. The molecule has 17 heavy (non-hydrogen) atoms. The van der Waals surface area contributed by atoms with E-state index in [1.54, 1.807) is 12.1 Å². The predicted octanol–water partition coefficient (Wildman–Crippen LogP) is 1.98. The molecule has 1 fully saturated rings. The summed E-state index contributed by atoms with van der Waals surface area (Å²) in [4.78, 5) is 22.1. The van der Waals surface area contributed by atoms with E-state index in [1.807, 2.05) is 0 Å². The maximum atomic E-state index is 11.8. The highest BCUT2D eigenvalue weighted by atomic mass is 16.6. The number of nitrogens with zero attached hydrogens (tertiary/aromatic N) is 1. The molecule has 2 rings (SSSR count). The molecule has 0 aromatic heterocycles. The Morgan fingerprint density at radius 3 is 2.94 bits per heavy atom. The van der Waals surface area contributed by atoms with Crippen LogP contribution in [0, 0.1) is 10.1 Å². The third-order valence-electron chi connectivity index (χ3n) is 3.02. The van der Waals surface area contributed by atoms with Gasteiger partial charge in [-0.05, 0) is 18.4 Å². The Hall–Kier alpha value is -1.91. The van der Waals surface area contributed by atoms with Gasteiger partial charge in [-0.3, -0.25) is 14.9 Å². The molecule has 1 unspecified atom stereocenters. The van der Waals surface area contributed by atoms with Gasteiger partial charge in [0, 0.05) is 18.7 Å². The fraction of sp³-hybridized carbons (Fsp3) is 0.417. The predicted molar refractivity (Wildman–Crippen MR) is 62.7 cm³/mol. The molecule has 1 saturated heterocycles. The first-order valence-corrected chi connectivity index (χ1v) is 5.70. The summed E-state index contributed by atoms with van der Waals surface area (Å²) in [6.45, 7) is 0.699. The van der Waals surface area contributed by atoms with Gasteiger partial charge in [0.25, 0.3) is 5.69 Å². The first-order valence-electron chi connectivity index (χ1n) is 5.70. The first kappa shape index (κ1) is 11.6. The summed E-state index contributed by atoms with van der Waals surface area (Å²) in [5, 5.41) is 13.5. The van der Waals surface area contributed by atoms with Gasteiger partial charge in [0.15, 0.2) is 0 Å². The maximum Gasteiger partial charge on any atom is 0.269 e. The number of amides is 1. The lowest BCUT2D eigenvalue weighted by Crippen LogP contribution is -2.27. The monoisotopic (exact) mass is 234 g/mol. The average molecular weight is 234 g/mol. The lowest BCUT2D eigenvalue weighted by atomic mass is 9.93. The number of carbonyl (C=O) groups is 1. The standard InChI is InChI=1S/C12H14N2O3/c15-12-11(6-1-2-7-13-12)9-4-3-5-10(8-9)14(16)17/h3-5,8,11H,1-2,6-7H2,(H,13,15). The smallest absolute Gasteiger partial charge is 0.269 e. The molecule has 1 aromatic rings. The zero-order valence-corrected chi connectivity index (χ0v) is 9.39. The highest BCUT2D eigenvalue weighted by molar-refractivity contribution is 5.84. The number of hydrogen-bond donors (Lipinski definition) is 1. The van der Waals surface area contributed by atoms with E-state index in [9.17, 15) is 14.9 Å². The van der Waals surface area contributed by atoms with E-state index in [0.29, 0.717) is 6.54 Å². The van der Waals surface area contributed by atoms with Crippen molar-refractivity contribution in [3.63, 3.8) is 0 Å². The number of non-ortho nitro benzene ring substituents is 1. The van der Waals surface area contributed by atoms with E-state index >= 15 is 0 Å². The number of hydrogen-bond acceptors (Lipinski definition) is 3. The Balaban J connectivity index is 2.28. The highest BCUT2D eigenvalue weighted by Gasteiger charge is 2.23. The van der Waals surface area contributed by atoms with E-state index in [0.717, 1.165) is 24.8 Å². The van der Waals surface area contributed by atoms with E-state index in [-0.39, 0.29) is 17.5 Å². The minimum absolute atomic E-state index is 0.0250. The Labute approximate surface area is 99.0 Å². The zero-order valence-electron chi connectivity index (χ0n) is 9.39. The SMILES string of the molecule is O=C1NCCCCC1c1cccc([N+](=O)[O-])c1. The van der Waals surface area contributed by atoms with E-state index < -0.39 is 4.92 Å². The fourth-order valence-electron chi connectivity index (χ4n) is 2.11. The molecule has 1 N–H and O–H groups in total. The van der Waals surface area contributed by atoms with Crippen LogP contribution in [0.4, 0.5) is 5.69 Å². The van der Waals surface area contributed by atoms with Crippen LogP contribution in [-0.4, -0.2) is 17.4 Å². The van der Waals surface area contributed by atoms with Crippen molar-refractivity contribution in [2.45, 2.75) is 25.2 Å². The van der Waals surface area contributed by atoms with E-state index in [2.05, 4.69) is 5.32 Å². The summed E-state index contributed by atoms with van der Waals surface area (Å²) >= 11 is 0. The van der Waals surface area contributed by atoms with Gasteiger partial charge in [0.05, 0.1) is 10.8 Å². The van der Waals surface area contributed by atoms with Crippen molar-refractivity contribution < 1.29 is 9.72 Å². The third-order valence-corrected chi connectivity index (χ3v) is 3.02. The molecule has 1 atom stereocenters. The first-order chi connectivity index (χ1) is 8.18. The van der Waals surface area contributed by atoms with Crippen LogP contribution in [0.2, 0.25) is 0 Å². The van der Waals surface area contributed by atoms with Gasteiger partial charge < -0.3 is 5.32 Å². The van der Waals surface area contributed by atoms with Crippen LogP contribution >= 0.6 is 0 Å². The minimum atomic E-state index is -0.432. The molecule has 0 radical (unpaired) electrons. The molecular weight excluding hydrogens is 220 g/mol. The molecule has 1 aliphatic heterocycles. The fourth-order valence-corrected chi connectivity index (χ4v) is 2.11. The van der Waals surface area contributed by atoms with Crippen molar-refractivity contribution in [1.29, 1.82) is 0 Å². The number of carbonyl (C=O) groups excluding carboxylic acids is 1. The lowest BCUT2D eigenvalue weighted by molar-refractivity contribution is -0.384. The van der Waals surface area contributed by atoms with Crippen molar-refractivity contribution in [3.8, 4) is 0 Å². The van der Waals surface area contributed by atoms with Crippen molar-refractivity contribution in [3.05, 3.63) is 39.9 Å². The summed E-state index contributed by atoms with van der Waals surface area (Å²) in [6.07, 6.45) is 2.69. The van der Waals surface area contributed by atoms with Gasteiger partial charge in [-0.1, -0.05) is 18.6 Å². The molecule has 90 valence electrons. The quantitative estimate of drug-likeness (QED) is 0.628. The minimum Gasteiger partial charge on any atom is -0.356 e. The van der Waals surface area contributed by atoms with Crippen LogP contribution in [-0.2, 0) is 4.79 Å². The van der Waals surface area contributed by atoms with Gasteiger partial charge in [-0.25, -0.2) is 0 Å². The van der Waals surface area contributed by atoms with E-state index in [4.69, 9.17) is 0 Å². The maximum absolute atomic E-state index is 11.8. The molecule has 0 saturated carbocycles. The molecule has 1 amide bonds. The topological polar surface area (TPSA) is 72.2 Å². The van der Waals surface area contributed by atoms with E-state index in [1.165, 1.54) is 12.1 Å². The summed E-state index contributed by atoms with van der Waals surface area (Å²) in [5.74, 6) is -0.277. The van der Waals surface area contributed by atoms with Crippen LogP contribution in [0.1, 0.15) is 30.7 Å². The molecule has 0 aliphatic carbocycles. The van der Waals surface area contributed by atoms with Gasteiger partial charge >= 0.3 is 0 Å². The van der Waals surface area contributed by atoms with Crippen molar-refractivity contribution >= 4 is 11.6 Å². The van der Waals surface area contributed by atoms with Crippen LogP contribution < -0.4 is 5.32 Å². The largest absolute Gasteiger partial charge is 0.356 e. The number of nitro groups is 1. The van der Waals surface area contributed by atoms with Crippen molar-refractivity contribution in [2.24, 2.45) is 0 Å². The number of nitrogens with one attached hydrogen (secondary N) is 1. The van der Waals surface area contributed by atoms with Crippen LogP contribution in [0.5, 0.6) is 0 Å². The summed E-state index contributed by atoms with van der Waals surface area (Å²) in [6, 6.07) is 6.35. The number of rotatable bonds is 2. The van der Waals surface area contributed by atoms with Gasteiger partial charge in [-0.2, -0.15) is 0 Å². The second-order valence-electron chi connectivity index (χ2n) is 4.19. The van der Waals surface area contributed by atoms with Crippen molar-refractivity contribution in [1.82, 2.24) is 5.32 Å². The molecular formula is C12H14N2O3. The molecule has 1 aromatic carbocycles. The Morgan fingerprint density at radius 1 is 1.35 bits per heavy atom. The molecule has 5 heteroatoms. The van der Waals surface area contributed by atoms with Crippen LogP contribution in [0.25, 0.3) is 0 Å². The molecule has 5 nitrogen and oxygen atoms in total. The normalized spacial score (nSPS) is 20.5. The molecule has 0 spiro atoms. The van der Waals surface area contributed by atoms with Crippen LogP contribution in [0.15, 0.2) is 24.3 Å². The van der Waals surface area contributed by atoms with Crippen molar-refractivity contribution in [2.75, 3.05) is 6.54 Å². The molecule has 1 aliphatic rings. The Bertz CT molecular complexity index is 445. The lowest BCUT2D eigenvalue weighted by Gasteiger charge is -2.12. The number of benzene rings is 1. The van der Waals surface area contributed by atoms with Gasteiger partial charge in [-0.15, -0.1) is 0 Å². The van der Waals surface area contributed by atoms with Gasteiger partial charge in [0.1, 0.15) is 0 Å². The Morgan fingerprint density at radius 2 is 2.18 bits per heavy atom. The summed E-state index contributed by atoms with van der Waals surface area (Å²) < 4.78 is 0. The summed E-state index contributed by atoms with van der Waals surface area (Å²) in [5.41, 5.74) is 0.776. The van der Waals surface area contributed by atoms with Crippen LogP contribution in [0.3, 0.4) is 0 Å². The molecule has 0 bridgehead atoms.